The summed E-state index contributed by atoms with van der Waals surface area (Å²) in [6.07, 6.45) is 7.08. The average Bonchev–Trinajstić information content (AvgIpc) is 3.14. The van der Waals surface area contributed by atoms with Gasteiger partial charge in [0.25, 0.3) is 0 Å². The van der Waals surface area contributed by atoms with Crippen molar-refractivity contribution in [1.82, 2.24) is 10.9 Å². The molecule has 1 heterocycles. The van der Waals surface area contributed by atoms with E-state index in [-0.39, 0.29) is 23.9 Å². The summed E-state index contributed by atoms with van der Waals surface area (Å²) in [5.41, 5.74) is 10.2. The molecule has 0 spiro atoms. The van der Waals surface area contributed by atoms with Crippen molar-refractivity contribution in [2.24, 2.45) is 23.7 Å². The Morgan fingerprint density at radius 1 is 0.957 bits per heavy atom. The van der Waals surface area contributed by atoms with Crippen LogP contribution in [0.5, 0.6) is 0 Å². The fourth-order valence-corrected chi connectivity index (χ4v) is 5.56. The van der Waals surface area contributed by atoms with E-state index in [1.807, 2.05) is 0 Å². The molecule has 0 aromatic carbocycles. The lowest BCUT2D eigenvalue weighted by Gasteiger charge is -2.48. The van der Waals surface area contributed by atoms with E-state index in [1.54, 1.807) is 0 Å². The van der Waals surface area contributed by atoms with Gasteiger partial charge in [0.2, 0.25) is 0 Å². The van der Waals surface area contributed by atoms with E-state index in [0.717, 1.165) is 13.0 Å². The molecule has 0 radical (unpaired) electrons. The molecule has 2 saturated carbocycles. The summed E-state index contributed by atoms with van der Waals surface area (Å²) in [6.45, 7) is 0.917. The standard InChI is InChI=1S/C18H24N2O3/c21-10-3-8-1-2-11-13-4-9-7-19-20-15(9)6-14(13)17(22)18(23)16(11)12(8)5-10/h1-2,4,9-10,12,14-23H,3,5-7H2. The number of hydrogen-bond donors (Lipinski definition) is 5. The molecule has 0 aromatic rings. The van der Waals surface area contributed by atoms with Gasteiger partial charge in [-0.05, 0) is 36.3 Å². The Labute approximate surface area is 135 Å². The zero-order valence-corrected chi connectivity index (χ0v) is 13.0. The number of allylic oxidation sites excluding steroid dienone is 2. The highest BCUT2D eigenvalue weighted by atomic mass is 16.3. The van der Waals surface area contributed by atoms with Gasteiger partial charge < -0.3 is 15.3 Å². The molecule has 5 N–H and O–H groups in total. The highest BCUT2D eigenvalue weighted by Gasteiger charge is 2.52. The first-order valence-corrected chi connectivity index (χ1v) is 8.79. The number of hydrogen-bond acceptors (Lipinski definition) is 5. The first-order valence-electron chi connectivity index (χ1n) is 8.79. The lowest BCUT2D eigenvalue weighted by atomic mass is 9.60. The van der Waals surface area contributed by atoms with E-state index >= 15 is 0 Å². The van der Waals surface area contributed by atoms with E-state index < -0.39 is 12.2 Å². The van der Waals surface area contributed by atoms with Crippen LogP contribution in [0.15, 0.2) is 34.9 Å². The predicted octanol–water partition coefficient (Wildman–Crippen LogP) is 0.0142. The zero-order valence-electron chi connectivity index (χ0n) is 13.0. The van der Waals surface area contributed by atoms with Crippen molar-refractivity contribution in [3.63, 3.8) is 0 Å². The second-order valence-corrected chi connectivity index (χ2v) is 7.83. The van der Waals surface area contributed by atoms with Gasteiger partial charge in [0, 0.05) is 30.3 Å². The molecule has 0 amide bonds. The average molecular weight is 316 g/mol. The molecule has 3 fully saturated rings. The Hall–Kier alpha value is -0.980. The van der Waals surface area contributed by atoms with Crippen LogP contribution in [0.4, 0.5) is 0 Å². The number of aliphatic hydroxyl groups is 3. The molecule has 5 rings (SSSR count). The molecule has 4 aliphatic carbocycles. The van der Waals surface area contributed by atoms with Crippen molar-refractivity contribution in [3.8, 4) is 0 Å². The Kier molecular flexibility index (Phi) is 3.13. The maximum absolute atomic E-state index is 10.8. The number of hydrazine groups is 1. The molecular weight excluding hydrogens is 292 g/mol. The monoisotopic (exact) mass is 316 g/mol. The molecule has 5 nitrogen and oxygen atoms in total. The third-order valence-corrected chi connectivity index (χ3v) is 6.65. The third-order valence-electron chi connectivity index (χ3n) is 6.65. The topological polar surface area (TPSA) is 84.8 Å². The van der Waals surface area contributed by atoms with Gasteiger partial charge in [-0.1, -0.05) is 23.8 Å². The van der Waals surface area contributed by atoms with E-state index in [1.165, 1.54) is 16.7 Å². The van der Waals surface area contributed by atoms with Crippen molar-refractivity contribution < 1.29 is 15.3 Å². The van der Waals surface area contributed by atoms with E-state index in [0.29, 0.717) is 24.8 Å². The fourth-order valence-electron chi connectivity index (χ4n) is 5.56. The molecule has 8 atom stereocenters. The Balaban J connectivity index is 1.58. The molecule has 1 saturated heterocycles. The maximum Gasteiger partial charge on any atom is 0.0879 e. The lowest BCUT2D eigenvalue weighted by molar-refractivity contribution is -0.0591. The van der Waals surface area contributed by atoms with Crippen LogP contribution in [0.1, 0.15) is 19.3 Å². The minimum Gasteiger partial charge on any atom is -0.393 e. The van der Waals surface area contributed by atoms with Crippen LogP contribution in [0.3, 0.4) is 0 Å². The van der Waals surface area contributed by atoms with Gasteiger partial charge in [-0.25, -0.2) is 0 Å². The molecule has 0 aromatic heterocycles. The quantitative estimate of drug-likeness (QED) is 0.435. The van der Waals surface area contributed by atoms with Gasteiger partial charge in [-0.2, -0.15) is 0 Å². The summed E-state index contributed by atoms with van der Waals surface area (Å²) in [7, 11) is 0. The number of rotatable bonds is 0. The van der Waals surface area contributed by atoms with Gasteiger partial charge in [-0.3, -0.25) is 10.9 Å². The normalized spacial score (nSPS) is 51.0. The second-order valence-electron chi connectivity index (χ2n) is 7.83. The van der Waals surface area contributed by atoms with Crippen LogP contribution in [-0.4, -0.2) is 46.2 Å². The highest BCUT2D eigenvalue weighted by molar-refractivity contribution is 5.49. The zero-order chi connectivity index (χ0) is 15.7. The fraction of sp³-hybridized carbons (Fsp3) is 0.667. The van der Waals surface area contributed by atoms with Gasteiger partial charge in [-0.15, -0.1) is 0 Å². The molecule has 1 aliphatic heterocycles. The molecule has 8 unspecified atom stereocenters. The summed E-state index contributed by atoms with van der Waals surface area (Å²) >= 11 is 0. The van der Waals surface area contributed by atoms with Crippen molar-refractivity contribution >= 4 is 0 Å². The second kappa shape index (κ2) is 5.01. The van der Waals surface area contributed by atoms with Crippen LogP contribution in [0, 0.1) is 23.7 Å². The minimum atomic E-state index is -0.742. The summed E-state index contributed by atoms with van der Waals surface area (Å²) < 4.78 is 0. The summed E-state index contributed by atoms with van der Waals surface area (Å²) in [4.78, 5) is 0. The SMILES string of the molecule is OC1CC2=CC=C3C4=CC5CNNC5CC4C(O)C(O)C3C2C1. The molecule has 5 aliphatic rings. The van der Waals surface area contributed by atoms with Crippen molar-refractivity contribution in [1.29, 1.82) is 0 Å². The van der Waals surface area contributed by atoms with Crippen molar-refractivity contribution in [3.05, 3.63) is 34.9 Å². The largest absolute Gasteiger partial charge is 0.393 e. The smallest absolute Gasteiger partial charge is 0.0879 e. The summed E-state index contributed by atoms with van der Waals surface area (Å²) in [5.74, 6) is 0.560. The first kappa shape index (κ1) is 14.4. The van der Waals surface area contributed by atoms with E-state index in [4.69, 9.17) is 0 Å². The molecular formula is C18H24N2O3. The van der Waals surface area contributed by atoms with Crippen LogP contribution in [0.25, 0.3) is 0 Å². The number of fused-ring (bicyclic) bond motifs is 6. The van der Waals surface area contributed by atoms with Crippen LogP contribution < -0.4 is 10.9 Å². The van der Waals surface area contributed by atoms with Gasteiger partial charge in [0.05, 0.1) is 18.3 Å². The van der Waals surface area contributed by atoms with Gasteiger partial charge in [0.15, 0.2) is 0 Å². The number of aliphatic hydroxyl groups excluding tert-OH is 3. The third kappa shape index (κ3) is 1.98. The molecule has 0 bridgehead atoms. The van der Waals surface area contributed by atoms with Crippen molar-refractivity contribution in [2.75, 3.05) is 6.54 Å². The number of nitrogens with one attached hydrogen (secondary N) is 2. The maximum atomic E-state index is 10.8. The first-order chi connectivity index (χ1) is 11.1. The van der Waals surface area contributed by atoms with Crippen LogP contribution in [0.2, 0.25) is 0 Å². The summed E-state index contributed by atoms with van der Waals surface area (Å²) in [6, 6.07) is 0.339. The molecule has 124 valence electrons. The van der Waals surface area contributed by atoms with Gasteiger partial charge >= 0.3 is 0 Å². The minimum absolute atomic E-state index is 0.00225. The van der Waals surface area contributed by atoms with Gasteiger partial charge in [0.1, 0.15) is 0 Å². The Bertz CT molecular complexity index is 626. The predicted molar refractivity (Wildman–Crippen MR) is 85.0 cm³/mol. The van der Waals surface area contributed by atoms with Crippen molar-refractivity contribution in [2.45, 2.75) is 43.6 Å². The lowest BCUT2D eigenvalue weighted by Crippen LogP contribution is -2.52. The van der Waals surface area contributed by atoms with Crippen LogP contribution >= 0.6 is 0 Å². The van der Waals surface area contributed by atoms with Crippen LogP contribution in [-0.2, 0) is 0 Å². The van der Waals surface area contributed by atoms with E-state index in [9.17, 15) is 15.3 Å². The Morgan fingerprint density at radius 2 is 1.83 bits per heavy atom. The highest BCUT2D eigenvalue weighted by Crippen LogP contribution is 2.53. The van der Waals surface area contributed by atoms with E-state index in [2.05, 4.69) is 29.1 Å². The molecule has 5 heteroatoms. The summed E-state index contributed by atoms with van der Waals surface area (Å²) in [5, 5.41) is 31.6. The Morgan fingerprint density at radius 3 is 2.70 bits per heavy atom. The molecule has 23 heavy (non-hydrogen) atoms.